The van der Waals surface area contributed by atoms with Gasteiger partial charge in [0.15, 0.2) is 0 Å². The molecule has 0 bridgehead atoms. The van der Waals surface area contributed by atoms with Gasteiger partial charge < -0.3 is 15.0 Å². The number of amides is 1. The number of hydrogen-bond donors (Lipinski definition) is 2. The molecule has 0 saturated carbocycles. The molecule has 0 fully saturated rings. The Balaban J connectivity index is 2.04. The lowest BCUT2D eigenvalue weighted by Crippen LogP contribution is -2.36. The van der Waals surface area contributed by atoms with Crippen molar-refractivity contribution in [2.75, 3.05) is 6.61 Å². The molecule has 0 saturated heterocycles. The predicted octanol–water partition coefficient (Wildman–Crippen LogP) is 3.44. The summed E-state index contributed by atoms with van der Waals surface area (Å²) in [5, 5.41) is 2.89. The van der Waals surface area contributed by atoms with Gasteiger partial charge in [0.05, 0.1) is 17.9 Å². The summed E-state index contributed by atoms with van der Waals surface area (Å²) in [6.45, 7) is 6.00. The highest BCUT2D eigenvalue weighted by molar-refractivity contribution is 9.10. The minimum Gasteiger partial charge on any atom is -0.369 e. The molecule has 0 spiro atoms. The molecular formula is C16H20BrN3O2. The van der Waals surface area contributed by atoms with Crippen LogP contribution in [0.15, 0.2) is 34.9 Å². The SMILES string of the molecule is CCOC(C)C(=O)NC(C)c1ncc(-c2ccc(Br)cc2)[nH]1. The van der Waals surface area contributed by atoms with Crippen LogP contribution in [0.4, 0.5) is 0 Å². The first-order chi connectivity index (χ1) is 10.5. The van der Waals surface area contributed by atoms with Gasteiger partial charge in [-0.05, 0) is 38.5 Å². The highest BCUT2D eigenvalue weighted by atomic mass is 79.9. The van der Waals surface area contributed by atoms with Gasteiger partial charge in [0, 0.05) is 11.1 Å². The Hall–Kier alpha value is -1.66. The maximum absolute atomic E-state index is 11.9. The third-order valence-corrected chi connectivity index (χ3v) is 3.83. The van der Waals surface area contributed by atoms with E-state index < -0.39 is 6.10 Å². The van der Waals surface area contributed by atoms with E-state index in [9.17, 15) is 4.79 Å². The fourth-order valence-electron chi connectivity index (χ4n) is 2.06. The number of H-pyrrole nitrogens is 1. The van der Waals surface area contributed by atoms with E-state index in [0.717, 1.165) is 21.6 Å². The fraction of sp³-hybridized carbons (Fsp3) is 0.375. The number of aromatic nitrogens is 2. The van der Waals surface area contributed by atoms with Gasteiger partial charge in [-0.2, -0.15) is 0 Å². The minimum absolute atomic E-state index is 0.143. The van der Waals surface area contributed by atoms with E-state index in [2.05, 4.69) is 31.2 Å². The van der Waals surface area contributed by atoms with Crippen molar-refractivity contribution in [3.8, 4) is 11.3 Å². The van der Waals surface area contributed by atoms with Crippen molar-refractivity contribution in [3.05, 3.63) is 40.8 Å². The van der Waals surface area contributed by atoms with Gasteiger partial charge >= 0.3 is 0 Å². The van der Waals surface area contributed by atoms with Crippen LogP contribution in [0.3, 0.4) is 0 Å². The molecule has 1 aromatic carbocycles. The summed E-state index contributed by atoms with van der Waals surface area (Å²) >= 11 is 3.41. The van der Waals surface area contributed by atoms with Crippen LogP contribution in [-0.2, 0) is 9.53 Å². The molecule has 2 N–H and O–H groups in total. The Labute approximate surface area is 138 Å². The molecule has 2 aromatic rings. The number of carbonyl (C=O) groups is 1. The highest BCUT2D eigenvalue weighted by Crippen LogP contribution is 2.21. The first-order valence-electron chi connectivity index (χ1n) is 7.24. The summed E-state index contributed by atoms with van der Waals surface area (Å²) in [4.78, 5) is 19.5. The molecule has 0 radical (unpaired) electrons. The molecule has 0 aliphatic carbocycles. The van der Waals surface area contributed by atoms with Gasteiger partial charge in [0.2, 0.25) is 5.91 Å². The number of rotatable bonds is 6. The van der Waals surface area contributed by atoms with E-state index in [0.29, 0.717) is 6.61 Å². The molecule has 118 valence electrons. The average molecular weight is 366 g/mol. The lowest BCUT2D eigenvalue weighted by atomic mass is 10.2. The Bertz CT molecular complexity index is 625. The number of imidazole rings is 1. The zero-order chi connectivity index (χ0) is 16.1. The topological polar surface area (TPSA) is 67.0 Å². The lowest BCUT2D eigenvalue weighted by Gasteiger charge is -2.16. The summed E-state index contributed by atoms with van der Waals surface area (Å²) in [7, 11) is 0. The molecule has 6 heteroatoms. The van der Waals surface area contributed by atoms with Crippen molar-refractivity contribution in [2.24, 2.45) is 0 Å². The van der Waals surface area contributed by atoms with Crippen molar-refractivity contribution < 1.29 is 9.53 Å². The Kier molecular flexibility index (Phi) is 5.74. The van der Waals surface area contributed by atoms with E-state index in [1.807, 2.05) is 38.1 Å². The number of ether oxygens (including phenoxy) is 1. The van der Waals surface area contributed by atoms with Crippen LogP contribution in [0.25, 0.3) is 11.3 Å². The van der Waals surface area contributed by atoms with Crippen molar-refractivity contribution in [1.29, 1.82) is 0 Å². The molecule has 5 nitrogen and oxygen atoms in total. The van der Waals surface area contributed by atoms with Gasteiger partial charge in [-0.25, -0.2) is 4.98 Å². The van der Waals surface area contributed by atoms with Gasteiger partial charge in [-0.3, -0.25) is 4.79 Å². The molecule has 22 heavy (non-hydrogen) atoms. The van der Waals surface area contributed by atoms with Crippen LogP contribution in [0, 0.1) is 0 Å². The molecule has 1 heterocycles. The number of halogens is 1. The van der Waals surface area contributed by atoms with Crippen LogP contribution in [0.5, 0.6) is 0 Å². The van der Waals surface area contributed by atoms with E-state index >= 15 is 0 Å². The molecular weight excluding hydrogens is 346 g/mol. The maximum atomic E-state index is 11.9. The van der Waals surface area contributed by atoms with Gasteiger partial charge in [-0.15, -0.1) is 0 Å². The summed E-state index contributed by atoms with van der Waals surface area (Å²) in [5.41, 5.74) is 1.96. The van der Waals surface area contributed by atoms with Crippen LogP contribution < -0.4 is 5.32 Å². The average Bonchev–Trinajstić information content (AvgIpc) is 2.98. The monoisotopic (exact) mass is 365 g/mol. The van der Waals surface area contributed by atoms with Crippen molar-refractivity contribution >= 4 is 21.8 Å². The van der Waals surface area contributed by atoms with Gasteiger partial charge in [-0.1, -0.05) is 28.1 Å². The summed E-state index contributed by atoms with van der Waals surface area (Å²) in [5.74, 6) is 0.575. The number of nitrogens with zero attached hydrogens (tertiary/aromatic N) is 1. The molecule has 2 rings (SSSR count). The van der Waals surface area contributed by atoms with Crippen molar-refractivity contribution in [3.63, 3.8) is 0 Å². The quantitative estimate of drug-likeness (QED) is 0.823. The predicted molar refractivity (Wildman–Crippen MR) is 89.4 cm³/mol. The Morgan fingerprint density at radius 3 is 2.68 bits per heavy atom. The standard InChI is InChI=1S/C16H20BrN3O2/c1-4-22-11(3)16(21)19-10(2)15-18-9-14(20-15)12-5-7-13(17)8-6-12/h5-11H,4H2,1-3H3,(H,18,20)(H,19,21). The molecule has 2 atom stereocenters. The molecule has 1 aromatic heterocycles. The summed E-state index contributed by atoms with van der Waals surface area (Å²) in [6, 6.07) is 7.75. The van der Waals surface area contributed by atoms with Crippen molar-refractivity contribution in [1.82, 2.24) is 15.3 Å². The third-order valence-electron chi connectivity index (χ3n) is 3.31. The van der Waals surface area contributed by atoms with E-state index in [1.165, 1.54) is 0 Å². The first kappa shape index (κ1) is 16.7. The Morgan fingerprint density at radius 1 is 1.36 bits per heavy atom. The number of hydrogen-bond acceptors (Lipinski definition) is 3. The molecule has 2 unspecified atom stereocenters. The minimum atomic E-state index is -0.464. The van der Waals surface area contributed by atoms with E-state index in [1.54, 1.807) is 13.1 Å². The molecule has 0 aliphatic heterocycles. The van der Waals surface area contributed by atoms with Crippen LogP contribution in [0.2, 0.25) is 0 Å². The zero-order valence-corrected chi connectivity index (χ0v) is 14.5. The zero-order valence-electron chi connectivity index (χ0n) is 12.9. The second-order valence-corrected chi connectivity index (χ2v) is 5.93. The second kappa shape index (κ2) is 7.56. The van der Waals surface area contributed by atoms with E-state index in [4.69, 9.17) is 4.74 Å². The van der Waals surface area contributed by atoms with E-state index in [-0.39, 0.29) is 11.9 Å². The summed E-state index contributed by atoms with van der Waals surface area (Å²) in [6.07, 6.45) is 1.31. The lowest BCUT2D eigenvalue weighted by molar-refractivity contribution is -0.132. The highest BCUT2D eigenvalue weighted by Gasteiger charge is 2.18. The smallest absolute Gasteiger partial charge is 0.249 e. The number of nitrogens with one attached hydrogen (secondary N) is 2. The first-order valence-corrected chi connectivity index (χ1v) is 8.03. The third kappa shape index (κ3) is 4.18. The fourth-order valence-corrected chi connectivity index (χ4v) is 2.32. The van der Waals surface area contributed by atoms with Crippen LogP contribution in [-0.4, -0.2) is 28.6 Å². The number of benzene rings is 1. The van der Waals surface area contributed by atoms with Gasteiger partial charge in [0.25, 0.3) is 0 Å². The Morgan fingerprint density at radius 2 is 2.05 bits per heavy atom. The number of aromatic amines is 1. The largest absolute Gasteiger partial charge is 0.369 e. The van der Waals surface area contributed by atoms with Gasteiger partial charge in [0.1, 0.15) is 11.9 Å². The normalized spacial score (nSPS) is 13.6. The summed E-state index contributed by atoms with van der Waals surface area (Å²) < 4.78 is 6.31. The number of carbonyl (C=O) groups excluding carboxylic acids is 1. The van der Waals surface area contributed by atoms with Crippen LogP contribution in [0.1, 0.15) is 32.6 Å². The maximum Gasteiger partial charge on any atom is 0.249 e. The molecule has 1 amide bonds. The molecule has 0 aliphatic rings. The van der Waals surface area contributed by atoms with Crippen LogP contribution >= 0.6 is 15.9 Å². The second-order valence-electron chi connectivity index (χ2n) is 5.02. The van der Waals surface area contributed by atoms with Crippen molar-refractivity contribution in [2.45, 2.75) is 32.9 Å².